The van der Waals surface area contributed by atoms with Gasteiger partial charge >= 0.3 is 0 Å². The van der Waals surface area contributed by atoms with E-state index < -0.39 is 0 Å². The first kappa shape index (κ1) is 14.4. The van der Waals surface area contributed by atoms with Crippen molar-refractivity contribution < 1.29 is 4.74 Å². The maximum absolute atomic E-state index is 9.23. The van der Waals surface area contributed by atoms with E-state index in [1.165, 1.54) is 4.88 Å². The van der Waals surface area contributed by atoms with Crippen LogP contribution in [0.1, 0.15) is 34.1 Å². The van der Waals surface area contributed by atoms with Gasteiger partial charge in [-0.1, -0.05) is 6.07 Å². The molecule has 0 aliphatic heterocycles. The molecule has 4 nitrogen and oxygen atoms in total. The summed E-state index contributed by atoms with van der Waals surface area (Å²) in [7, 11) is 1.61. The van der Waals surface area contributed by atoms with Crippen molar-refractivity contribution >= 4 is 17.0 Å². The molecule has 20 heavy (non-hydrogen) atoms. The number of ether oxygens (including phenoxy) is 1. The Hall–Kier alpha value is -2.06. The smallest absolute Gasteiger partial charge is 0.143 e. The summed E-state index contributed by atoms with van der Waals surface area (Å²) in [6, 6.07) is 7.71. The number of hydrogen-bond donors (Lipinski definition) is 1. The summed E-state index contributed by atoms with van der Waals surface area (Å²) in [6.07, 6.45) is 0. The minimum atomic E-state index is 0.0737. The molecular weight excluding hydrogens is 270 g/mol. The highest BCUT2D eigenvalue weighted by Gasteiger charge is 2.16. The molecule has 0 aliphatic rings. The van der Waals surface area contributed by atoms with Crippen LogP contribution in [0.4, 0.5) is 5.69 Å². The lowest BCUT2D eigenvalue weighted by atomic mass is 10.1. The third-order valence-corrected chi connectivity index (χ3v) is 4.32. The van der Waals surface area contributed by atoms with Crippen molar-refractivity contribution in [3.63, 3.8) is 0 Å². The number of benzene rings is 1. The molecule has 104 valence electrons. The predicted molar refractivity (Wildman–Crippen MR) is 81.3 cm³/mol. The second-order valence-corrected chi connectivity index (χ2v) is 5.78. The van der Waals surface area contributed by atoms with E-state index in [2.05, 4.69) is 23.3 Å². The number of nitrogens with zero attached hydrogens (tertiary/aromatic N) is 2. The van der Waals surface area contributed by atoms with E-state index in [9.17, 15) is 5.26 Å². The molecule has 1 heterocycles. The Morgan fingerprint density at radius 1 is 1.40 bits per heavy atom. The number of thiazole rings is 1. The van der Waals surface area contributed by atoms with E-state index in [0.717, 1.165) is 16.4 Å². The second kappa shape index (κ2) is 5.93. The van der Waals surface area contributed by atoms with Crippen molar-refractivity contribution in [2.75, 3.05) is 12.4 Å². The summed E-state index contributed by atoms with van der Waals surface area (Å²) in [6.45, 7) is 6.07. The first-order valence-corrected chi connectivity index (χ1v) is 7.16. The summed E-state index contributed by atoms with van der Waals surface area (Å²) in [5.74, 6) is 0.676. The van der Waals surface area contributed by atoms with Gasteiger partial charge in [-0.25, -0.2) is 4.98 Å². The average Bonchev–Trinajstić information content (AvgIpc) is 2.78. The van der Waals surface area contributed by atoms with Gasteiger partial charge in [-0.15, -0.1) is 11.3 Å². The van der Waals surface area contributed by atoms with Crippen LogP contribution in [0, 0.1) is 25.2 Å². The van der Waals surface area contributed by atoms with Crippen LogP contribution in [-0.2, 0) is 0 Å². The van der Waals surface area contributed by atoms with E-state index in [4.69, 9.17) is 4.74 Å². The monoisotopic (exact) mass is 287 g/mol. The van der Waals surface area contributed by atoms with Crippen molar-refractivity contribution in [2.45, 2.75) is 26.8 Å². The number of nitriles is 1. The molecule has 0 spiro atoms. The SMILES string of the molecule is COc1cccc(C#N)c1NC(C)c1sc(C)nc1C. The number of rotatable bonds is 4. The number of nitrogens with one attached hydrogen (secondary N) is 1. The fourth-order valence-corrected chi connectivity index (χ4v) is 3.10. The van der Waals surface area contributed by atoms with Crippen LogP contribution in [0.15, 0.2) is 18.2 Å². The van der Waals surface area contributed by atoms with Gasteiger partial charge in [-0.2, -0.15) is 5.26 Å². The average molecular weight is 287 g/mol. The fourth-order valence-electron chi connectivity index (χ4n) is 2.17. The summed E-state index contributed by atoms with van der Waals surface area (Å²) >= 11 is 1.67. The summed E-state index contributed by atoms with van der Waals surface area (Å²) in [5, 5.41) is 13.6. The van der Waals surface area contributed by atoms with Crippen LogP contribution in [0.25, 0.3) is 0 Å². The molecule has 0 aliphatic carbocycles. The van der Waals surface area contributed by atoms with E-state index in [0.29, 0.717) is 11.3 Å². The molecule has 2 rings (SSSR count). The van der Waals surface area contributed by atoms with Crippen molar-refractivity contribution in [2.24, 2.45) is 0 Å². The molecule has 5 heteroatoms. The van der Waals surface area contributed by atoms with E-state index in [-0.39, 0.29) is 6.04 Å². The number of aromatic nitrogens is 1. The third-order valence-electron chi connectivity index (χ3n) is 3.06. The van der Waals surface area contributed by atoms with Gasteiger partial charge < -0.3 is 10.1 Å². The molecule has 1 aromatic heterocycles. The van der Waals surface area contributed by atoms with Crippen LogP contribution in [0.3, 0.4) is 0 Å². The zero-order valence-electron chi connectivity index (χ0n) is 12.0. The Balaban J connectivity index is 2.35. The molecule has 1 atom stereocenters. The van der Waals surface area contributed by atoms with Crippen LogP contribution in [0.2, 0.25) is 0 Å². The Kier molecular flexibility index (Phi) is 4.26. The molecule has 0 bridgehead atoms. The number of para-hydroxylation sites is 1. The van der Waals surface area contributed by atoms with Crippen molar-refractivity contribution in [1.29, 1.82) is 5.26 Å². The lowest BCUT2D eigenvalue weighted by Crippen LogP contribution is -2.09. The largest absolute Gasteiger partial charge is 0.495 e. The highest BCUT2D eigenvalue weighted by atomic mass is 32.1. The Morgan fingerprint density at radius 3 is 2.70 bits per heavy atom. The maximum atomic E-state index is 9.23. The number of methoxy groups -OCH3 is 1. The van der Waals surface area contributed by atoms with Crippen LogP contribution in [0.5, 0.6) is 5.75 Å². The lowest BCUT2D eigenvalue weighted by Gasteiger charge is -2.18. The normalized spacial score (nSPS) is 11.8. The van der Waals surface area contributed by atoms with E-state index in [1.54, 1.807) is 24.5 Å². The van der Waals surface area contributed by atoms with Gasteiger partial charge in [0.15, 0.2) is 0 Å². The third kappa shape index (κ3) is 2.75. The van der Waals surface area contributed by atoms with Gasteiger partial charge in [-0.3, -0.25) is 0 Å². The van der Waals surface area contributed by atoms with E-state index in [1.807, 2.05) is 26.0 Å². The van der Waals surface area contributed by atoms with Gasteiger partial charge in [0, 0.05) is 4.88 Å². The van der Waals surface area contributed by atoms with Crippen molar-refractivity contribution in [3.05, 3.63) is 39.3 Å². The molecule has 0 fully saturated rings. The van der Waals surface area contributed by atoms with Gasteiger partial charge in [-0.05, 0) is 32.9 Å². The molecule has 2 aromatic rings. The van der Waals surface area contributed by atoms with Gasteiger partial charge in [0.1, 0.15) is 11.8 Å². The molecule has 0 radical (unpaired) electrons. The molecule has 1 aromatic carbocycles. The number of anilines is 1. The van der Waals surface area contributed by atoms with Crippen LogP contribution < -0.4 is 10.1 Å². The molecule has 1 N–H and O–H groups in total. The first-order valence-electron chi connectivity index (χ1n) is 6.34. The fraction of sp³-hybridized carbons (Fsp3) is 0.333. The summed E-state index contributed by atoms with van der Waals surface area (Å²) < 4.78 is 5.33. The topological polar surface area (TPSA) is 57.9 Å². The zero-order chi connectivity index (χ0) is 14.7. The Bertz CT molecular complexity index is 658. The predicted octanol–water partition coefficient (Wildman–Crippen LogP) is 3.81. The number of aryl methyl sites for hydroxylation is 2. The Morgan fingerprint density at radius 2 is 2.15 bits per heavy atom. The highest BCUT2D eigenvalue weighted by molar-refractivity contribution is 7.11. The summed E-state index contributed by atoms with van der Waals surface area (Å²) in [4.78, 5) is 5.62. The first-order chi connectivity index (χ1) is 9.56. The van der Waals surface area contributed by atoms with E-state index >= 15 is 0 Å². The van der Waals surface area contributed by atoms with Crippen LogP contribution in [-0.4, -0.2) is 12.1 Å². The Labute approximate surface area is 123 Å². The minimum Gasteiger partial charge on any atom is -0.495 e. The second-order valence-electron chi connectivity index (χ2n) is 4.54. The van der Waals surface area contributed by atoms with Gasteiger partial charge in [0.05, 0.1) is 35.1 Å². The van der Waals surface area contributed by atoms with Crippen molar-refractivity contribution in [1.82, 2.24) is 4.98 Å². The van der Waals surface area contributed by atoms with Gasteiger partial charge in [0.25, 0.3) is 0 Å². The van der Waals surface area contributed by atoms with Crippen molar-refractivity contribution in [3.8, 4) is 11.8 Å². The molecular formula is C15H17N3OS. The zero-order valence-corrected chi connectivity index (χ0v) is 12.8. The lowest BCUT2D eigenvalue weighted by molar-refractivity contribution is 0.416. The minimum absolute atomic E-state index is 0.0737. The highest BCUT2D eigenvalue weighted by Crippen LogP contribution is 2.33. The molecule has 0 saturated heterocycles. The molecule has 1 unspecified atom stereocenters. The summed E-state index contributed by atoms with van der Waals surface area (Å²) in [5.41, 5.74) is 2.34. The standard InChI is InChI=1S/C15H17N3OS/c1-9-15(20-11(3)17-9)10(2)18-14-12(8-16)6-5-7-13(14)19-4/h5-7,10,18H,1-4H3. The maximum Gasteiger partial charge on any atom is 0.143 e. The molecule has 0 amide bonds. The van der Waals surface area contributed by atoms with Crippen LogP contribution >= 0.6 is 11.3 Å². The quantitative estimate of drug-likeness (QED) is 0.929. The number of hydrogen-bond acceptors (Lipinski definition) is 5. The van der Waals surface area contributed by atoms with Gasteiger partial charge in [0.2, 0.25) is 0 Å². The molecule has 0 saturated carbocycles.